The van der Waals surface area contributed by atoms with Crippen molar-refractivity contribution in [2.75, 3.05) is 36.6 Å². The molecule has 0 saturated heterocycles. The summed E-state index contributed by atoms with van der Waals surface area (Å²) in [5, 5.41) is 0.781. The minimum Gasteiger partial charge on any atom is -0.491 e. The molecular formula is C32H45ClN2O2S. The van der Waals surface area contributed by atoms with Crippen molar-refractivity contribution in [3.8, 4) is 5.75 Å². The molecule has 0 unspecified atom stereocenters. The highest BCUT2D eigenvalue weighted by Crippen LogP contribution is 2.40. The van der Waals surface area contributed by atoms with Crippen LogP contribution in [-0.2, 0) is 6.42 Å². The summed E-state index contributed by atoms with van der Waals surface area (Å²) in [4.78, 5) is 14.3. The van der Waals surface area contributed by atoms with Gasteiger partial charge in [0.15, 0.2) is 0 Å². The van der Waals surface area contributed by atoms with Gasteiger partial charge in [-0.2, -0.15) is 11.8 Å². The summed E-state index contributed by atoms with van der Waals surface area (Å²) < 4.78 is 6.27. The number of hydrogen-bond acceptors (Lipinski definition) is 4. The molecule has 1 fully saturated rings. The highest BCUT2D eigenvalue weighted by molar-refractivity contribution is 7.98. The summed E-state index contributed by atoms with van der Waals surface area (Å²) in [6.07, 6.45) is 14.8. The Balaban J connectivity index is 1.57. The third kappa shape index (κ3) is 9.57. The zero-order chi connectivity index (χ0) is 27.3. The molecule has 2 N–H and O–H groups in total. The van der Waals surface area contributed by atoms with Gasteiger partial charge in [0.05, 0.1) is 12.3 Å². The number of hydrogen-bond donors (Lipinski definition) is 1. The number of primary amides is 1. The van der Waals surface area contributed by atoms with Crippen LogP contribution in [0.5, 0.6) is 5.75 Å². The van der Waals surface area contributed by atoms with Crippen molar-refractivity contribution in [1.29, 1.82) is 0 Å². The lowest BCUT2D eigenvalue weighted by Crippen LogP contribution is -2.38. The van der Waals surface area contributed by atoms with Crippen molar-refractivity contribution in [2.45, 2.75) is 58.8 Å². The van der Waals surface area contributed by atoms with Crippen molar-refractivity contribution in [3.05, 3.63) is 70.8 Å². The summed E-state index contributed by atoms with van der Waals surface area (Å²) in [5.74, 6) is 3.77. The number of ether oxygens (including phenoxy) is 1. The minimum atomic E-state index is -0.405. The van der Waals surface area contributed by atoms with Gasteiger partial charge in [-0.1, -0.05) is 42.8 Å². The molecule has 0 radical (unpaired) electrons. The van der Waals surface area contributed by atoms with E-state index in [2.05, 4.69) is 43.2 Å². The van der Waals surface area contributed by atoms with E-state index in [0.717, 1.165) is 67.1 Å². The zero-order valence-corrected chi connectivity index (χ0v) is 24.9. The third-order valence-electron chi connectivity index (χ3n) is 7.60. The Hall–Kier alpha value is -2.11. The molecule has 208 valence electrons. The predicted octanol–water partition coefficient (Wildman–Crippen LogP) is 8.03. The first kappa shape index (κ1) is 30.4. The predicted molar refractivity (Wildman–Crippen MR) is 165 cm³/mol. The largest absolute Gasteiger partial charge is 0.491 e. The van der Waals surface area contributed by atoms with E-state index >= 15 is 0 Å². The van der Waals surface area contributed by atoms with Gasteiger partial charge in [0.25, 0.3) is 0 Å². The van der Waals surface area contributed by atoms with Crippen LogP contribution in [0, 0.1) is 17.8 Å². The molecule has 3 atom stereocenters. The zero-order valence-electron chi connectivity index (χ0n) is 23.3. The smallest absolute Gasteiger partial charge is 0.248 e. The van der Waals surface area contributed by atoms with Crippen LogP contribution in [0.4, 0.5) is 5.69 Å². The third-order valence-corrected chi connectivity index (χ3v) is 8.73. The highest BCUT2D eigenvalue weighted by Gasteiger charge is 2.31. The second kappa shape index (κ2) is 16.1. The molecule has 1 amide bonds. The van der Waals surface area contributed by atoms with Gasteiger partial charge in [-0.15, -0.1) is 0 Å². The fourth-order valence-electron chi connectivity index (χ4n) is 5.17. The normalized spacial score (nSPS) is 17.8. The lowest BCUT2D eigenvalue weighted by Gasteiger charge is -2.40. The van der Waals surface area contributed by atoms with Crippen molar-refractivity contribution in [3.63, 3.8) is 0 Å². The molecule has 0 spiro atoms. The van der Waals surface area contributed by atoms with Crippen LogP contribution < -0.4 is 15.4 Å². The number of anilines is 1. The first-order chi connectivity index (χ1) is 18.4. The number of rotatable bonds is 17. The molecule has 1 aliphatic rings. The molecule has 0 bridgehead atoms. The second-order valence-electron chi connectivity index (χ2n) is 10.6. The lowest BCUT2D eigenvalue weighted by molar-refractivity contribution is 0.1000. The molecule has 1 saturated carbocycles. The minimum absolute atomic E-state index is 0.405. The van der Waals surface area contributed by atoms with Crippen molar-refractivity contribution >= 4 is 35.0 Å². The SMILES string of the molecule is CCN(C[C@@H]1CC[C@H]1C/C=C/C[C@H](C)CSC)c1cc(C(N)=O)ccc1OCCCCc1cccc(Cl)c1. The molecule has 0 aliphatic heterocycles. The van der Waals surface area contributed by atoms with Crippen LogP contribution in [0.2, 0.25) is 5.02 Å². The Kier molecular flexibility index (Phi) is 12.9. The molecule has 2 aromatic carbocycles. The maximum absolute atomic E-state index is 12.0. The fourth-order valence-corrected chi connectivity index (χ4v) is 6.09. The van der Waals surface area contributed by atoms with Crippen molar-refractivity contribution in [1.82, 2.24) is 0 Å². The number of thioether (sulfide) groups is 1. The van der Waals surface area contributed by atoms with E-state index in [-0.39, 0.29) is 0 Å². The van der Waals surface area contributed by atoms with Crippen LogP contribution in [0.25, 0.3) is 0 Å². The number of benzene rings is 2. The summed E-state index contributed by atoms with van der Waals surface area (Å²) in [6, 6.07) is 13.6. The summed E-state index contributed by atoms with van der Waals surface area (Å²) in [6.45, 7) is 6.97. The van der Waals surface area contributed by atoms with Crippen LogP contribution >= 0.6 is 23.4 Å². The van der Waals surface area contributed by atoms with Gasteiger partial charge in [0.2, 0.25) is 5.91 Å². The number of carbonyl (C=O) groups is 1. The van der Waals surface area contributed by atoms with Gasteiger partial charge in [-0.3, -0.25) is 4.79 Å². The van der Waals surface area contributed by atoms with Crippen molar-refractivity contribution in [2.24, 2.45) is 23.5 Å². The van der Waals surface area contributed by atoms with Gasteiger partial charge in [-0.25, -0.2) is 0 Å². The van der Waals surface area contributed by atoms with Gasteiger partial charge < -0.3 is 15.4 Å². The summed E-state index contributed by atoms with van der Waals surface area (Å²) in [5.41, 5.74) is 8.39. The first-order valence-corrected chi connectivity index (χ1v) is 15.9. The number of amides is 1. The maximum Gasteiger partial charge on any atom is 0.248 e. The average Bonchev–Trinajstić information content (AvgIpc) is 2.88. The molecule has 0 heterocycles. The van der Waals surface area contributed by atoms with Gasteiger partial charge in [0.1, 0.15) is 5.75 Å². The molecule has 0 aromatic heterocycles. The van der Waals surface area contributed by atoms with Crippen LogP contribution in [0.3, 0.4) is 0 Å². The van der Waals surface area contributed by atoms with Gasteiger partial charge >= 0.3 is 0 Å². The Bertz CT molecular complexity index is 1040. The fraction of sp³-hybridized carbons (Fsp3) is 0.531. The van der Waals surface area contributed by atoms with E-state index < -0.39 is 5.91 Å². The van der Waals surface area contributed by atoms with E-state index in [1.54, 1.807) is 6.07 Å². The Morgan fingerprint density at radius 3 is 2.68 bits per heavy atom. The summed E-state index contributed by atoms with van der Waals surface area (Å²) in [7, 11) is 0. The quantitative estimate of drug-likeness (QED) is 0.158. The Morgan fingerprint density at radius 2 is 2.00 bits per heavy atom. The van der Waals surface area contributed by atoms with E-state index in [1.165, 1.54) is 30.6 Å². The van der Waals surface area contributed by atoms with Crippen LogP contribution in [-0.4, -0.2) is 37.6 Å². The number of allylic oxidation sites excluding steroid dienone is 2. The Morgan fingerprint density at radius 1 is 1.18 bits per heavy atom. The standard InChI is InChI=1S/C32H45ClN2O2S/c1-4-35(22-28-16-15-26(28)13-6-5-10-24(2)23-38-3)30-21-27(32(34)36)17-18-31(30)37-19-8-7-11-25-12-9-14-29(33)20-25/h5-6,9,12,14,17-18,20-21,24,26,28H,4,7-8,10-11,13,15-16,19,22-23H2,1-3H3,(H2,34,36)/b6-5+/t24-,26+,28-/m0/s1. The number of nitrogens with two attached hydrogens (primary N) is 1. The first-order valence-electron chi connectivity index (χ1n) is 14.1. The molecule has 6 heteroatoms. The van der Waals surface area contributed by atoms with E-state index in [9.17, 15) is 4.79 Å². The topological polar surface area (TPSA) is 55.6 Å². The van der Waals surface area contributed by atoms with E-state index in [1.807, 2.05) is 42.1 Å². The molecule has 3 rings (SSSR count). The molecule has 1 aliphatic carbocycles. The number of unbranched alkanes of at least 4 members (excludes halogenated alkanes) is 1. The van der Waals surface area contributed by atoms with E-state index in [4.69, 9.17) is 22.1 Å². The van der Waals surface area contributed by atoms with E-state index in [0.29, 0.717) is 18.1 Å². The molecule has 4 nitrogen and oxygen atoms in total. The second-order valence-corrected chi connectivity index (χ2v) is 12.0. The number of carbonyl (C=O) groups excluding carboxylic acids is 1. The van der Waals surface area contributed by atoms with Gasteiger partial charge in [0, 0.05) is 23.7 Å². The molecular weight excluding hydrogens is 512 g/mol. The summed E-state index contributed by atoms with van der Waals surface area (Å²) >= 11 is 8.03. The average molecular weight is 557 g/mol. The van der Waals surface area contributed by atoms with Gasteiger partial charge in [-0.05, 0) is 118 Å². The number of aryl methyl sites for hydroxylation is 1. The molecule has 38 heavy (non-hydrogen) atoms. The Labute approximate surface area is 239 Å². The highest BCUT2D eigenvalue weighted by atomic mass is 35.5. The van der Waals surface area contributed by atoms with Crippen LogP contribution in [0.1, 0.15) is 68.3 Å². The maximum atomic E-state index is 12.0. The monoisotopic (exact) mass is 556 g/mol. The molecule has 2 aromatic rings. The number of halogens is 1. The van der Waals surface area contributed by atoms with Crippen molar-refractivity contribution < 1.29 is 9.53 Å². The lowest BCUT2D eigenvalue weighted by atomic mass is 9.71. The van der Waals surface area contributed by atoms with Crippen LogP contribution in [0.15, 0.2) is 54.6 Å². The number of nitrogens with zero attached hydrogens (tertiary/aromatic N) is 1.